The maximum absolute atomic E-state index is 13.8. The molecule has 1 aliphatic heterocycles. The zero-order valence-electron chi connectivity index (χ0n) is 11.4. The number of likely N-dealkylation sites (N-methyl/N-ethyl adjacent to an activating group) is 2. The van der Waals surface area contributed by atoms with Gasteiger partial charge < -0.3 is 15.5 Å². The molecule has 0 aromatic heterocycles. The van der Waals surface area contributed by atoms with Crippen molar-refractivity contribution >= 4 is 0 Å². The van der Waals surface area contributed by atoms with Gasteiger partial charge in [-0.2, -0.15) is 0 Å². The Balaban J connectivity index is 2.25. The number of benzene rings is 1. The lowest BCUT2D eigenvalue weighted by molar-refractivity contribution is 0.194. The molecule has 0 spiro atoms. The predicted molar refractivity (Wildman–Crippen MR) is 71.8 cm³/mol. The molecule has 2 N–H and O–H groups in total. The molecule has 1 aromatic carbocycles. The molecule has 0 amide bonds. The lowest BCUT2D eigenvalue weighted by Gasteiger charge is -2.32. The average Bonchev–Trinajstić information content (AvgIpc) is 2.53. The fraction of sp³-hybridized carbons (Fsp3) is 0.571. The molecule has 0 aliphatic carbocycles. The van der Waals surface area contributed by atoms with Crippen LogP contribution in [-0.2, 0) is 0 Å². The first-order valence-corrected chi connectivity index (χ1v) is 6.58. The van der Waals surface area contributed by atoms with Crippen molar-refractivity contribution in [2.24, 2.45) is 5.73 Å². The number of halogens is 2. The molecule has 5 heteroatoms. The Hall–Kier alpha value is -1.04. The van der Waals surface area contributed by atoms with Crippen LogP contribution in [0.1, 0.15) is 18.0 Å². The van der Waals surface area contributed by atoms with E-state index in [0.717, 1.165) is 38.2 Å². The number of hydrogen-bond acceptors (Lipinski definition) is 3. The minimum absolute atomic E-state index is 0.0104. The highest BCUT2D eigenvalue weighted by atomic mass is 19.1. The van der Waals surface area contributed by atoms with Gasteiger partial charge in [-0.15, -0.1) is 0 Å². The van der Waals surface area contributed by atoms with Crippen LogP contribution in [-0.4, -0.2) is 49.6 Å². The van der Waals surface area contributed by atoms with E-state index in [0.29, 0.717) is 0 Å². The SMILES string of the molecule is CN1CCCN(C)C(C(N)c2cc(F)ccc2F)C1. The van der Waals surface area contributed by atoms with Crippen molar-refractivity contribution in [2.45, 2.75) is 18.5 Å². The van der Waals surface area contributed by atoms with Gasteiger partial charge in [-0.05, 0) is 51.8 Å². The molecule has 0 radical (unpaired) electrons. The van der Waals surface area contributed by atoms with Gasteiger partial charge in [0.25, 0.3) is 0 Å². The summed E-state index contributed by atoms with van der Waals surface area (Å²) in [6.07, 6.45) is 1.06. The van der Waals surface area contributed by atoms with E-state index < -0.39 is 17.7 Å². The van der Waals surface area contributed by atoms with Gasteiger partial charge in [0.2, 0.25) is 0 Å². The minimum atomic E-state index is -0.527. The topological polar surface area (TPSA) is 32.5 Å². The van der Waals surface area contributed by atoms with Crippen molar-refractivity contribution in [2.75, 3.05) is 33.7 Å². The Morgan fingerprint density at radius 3 is 2.74 bits per heavy atom. The van der Waals surface area contributed by atoms with Crippen molar-refractivity contribution < 1.29 is 8.78 Å². The fourth-order valence-corrected chi connectivity index (χ4v) is 2.67. The average molecular weight is 269 g/mol. The van der Waals surface area contributed by atoms with Crippen LogP contribution in [0.2, 0.25) is 0 Å². The standard InChI is InChI=1S/C14H21F2N3/c1-18-6-3-7-19(2)13(9-18)14(17)11-8-10(15)4-5-12(11)16/h4-5,8,13-14H,3,6-7,9,17H2,1-2H3. The Labute approximate surface area is 113 Å². The lowest BCUT2D eigenvalue weighted by atomic mass is 9.98. The first-order chi connectivity index (χ1) is 8.99. The molecule has 19 heavy (non-hydrogen) atoms. The first-order valence-electron chi connectivity index (χ1n) is 6.58. The van der Waals surface area contributed by atoms with Crippen LogP contribution in [0.15, 0.2) is 18.2 Å². The van der Waals surface area contributed by atoms with E-state index in [1.807, 2.05) is 14.1 Å². The maximum atomic E-state index is 13.8. The second-order valence-electron chi connectivity index (χ2n) is 5.36. The van der Waals surface area contributed by atoms with Crippen LogP contribution in [0.25, 0.3) is 0 Å². The van der Waals surface area contributed by atoms with E-state index in [2.05, 4.69) is 9.80 Å². The number of nitrogens with two attached hydrogens (primary N) is 1. The van der Waals surface area contributed by atoms with Gasteiger partial charge in [0.1, 0.15) is 11.6 Å². The second kappa shape index (κ2) is 5.94. The smallest absolute Gasteiger partial charge is 0.128 e. The van der Waals surface area contributed by atoms with Gasteiger partial charge in [-0.3, -0.25) is 0 Å². The summed E-state index contributed by atoms with van der Waals surface area (Å²) in [6.45, 7) is 2.67. The van der Waals surface area contributed by atoms with Crippen molar-refractivity contribution in [3.63, 3.8) is 0 Å². The molecule has 2 unspecified atom stereocenters. The quantitative estimate of drug-likeness (QED) is 0.885. The molecule has 1 fully saturated rings. The first kappa shape index (κ1) is 14.4. The highest BCUT2D eigenvalue weighted by Crippen LogP contribution is 2.24. The van der Waals surface area contributed by atoms with Crippen LogP contribution in [0.5, 0.6) is 0 Å². The monoisotopic (exact) mass is 269 g/mol. The molecule has 0 bridgehead atoms. The molecule has 1 heterocycles. The van der Waals surface area contributed by atoms with E-state index in [9.17, 15) is 8.78 Å². The molecular formula is C14H21F2N3. The third-order valence-electron chi connectivity index (χ3n) is 3.85. The third-order valence-corrected chi connectivity index (χ3v) is 3.85. The molecule has 106 valence electrons. The summed E-state index contributed by atoms with van der Waals surface area (Å²) in [4.78, 5) is 4.32. The number of hydrogen-bond donors (Lipinski definition) is 1. The summed E-state index contributed by atoms with van der Waals surface area (Å²) < 4.78 is 27.1. The molecule has 1 saturated heterocycles. The van der Waals surface area contributed by atoms with Gasteiger partial charge in [0.15, 0.2) is 0 Å². The molecule has 3 nitrogen and oxygen atoms in total. The summed E-state index contributed by atoms with van der Waals surface area (Å²) in [6, 6.07) is 2.93. The van der Waals surface area contributed by atoms with E-state index in [-0.39, 0.29) is 11.6 Å². The van der Waals surface area contributed by atoms with Crippen LogP contribution in [0.3, 0.4) is 0 Å². The van der Waals surface area contributed by atoms with Crippen LogP contribution in [0.4, 0.5) is 8.78 Å². The zero-order valence-corrected chi connectivity index (χ0v) is 11.4. The molecule has 0 saturated carbocycles. The van der Waals surface area contributed by atoms with Gasteiger partial charge in [-0.1, -0.05) is 0 Å². The zero-order chi connectivity index (χ0) is 14.0. The Kier molecular flexibility index (Phi) is 4.50. The molecular weight excluding hydrogens is 248 g/mol. The van der Waals surface area contributed by atoms with E-state index in [1.54, 1.807) is 0 Å². The van der Waals surface area contributed by atoms with Crippen molar-refractivity contribution in [3.05, 3.63) is 35.4 Å². The predicted octanol–water partition coefficient (Wildman–Crippen LogP) is 1.60. The van der Waals surface area contributed by atoms with Crippen LogP contribution < -0.4 is 5.73 Å². The molecule has 2 atom stereocenters. The lowest BCUT2D eigenvalue weighted by Crippen LogP contribution is -2.45. The normalized spacial score (nSPS) is 24.2. The number of rotatable bonds is 2. The van der Waals surface area contributed by atoms with E-state index in [4.69, 9.17) is 5.73 Å². The highest BCUT2D eigenvalue weighted by Gasteiger charge is 2.28. The van der Waals surface area contributed by atoms with Crippen molar-refractivity contribution in [1.82, 2.24) is 9.80 Å². The van der Waals surface area contributed by atoms with Crippen LogP contribution >= 0.6 is 0 Å². The number of nitrogens with zero attached hydrogens (tertiary/aromatic N) is 2. The maximum Gasteiger partial charge on any atom is 0.128 e. The highest BCUT2D eigenvalue weighted by molar-refractivity contribution is 5.23. The summed E-state index contributed by atoms with van der Waals surface area (Å²) in [5.41, 5.74) is 6.44. The van der Waals surface area contributed by atoms with Crippen LogP contribution in [0, 0.1) is 11.6 Å². The van der Waals surface area contributed by atoms with Gasteiger partial charge >= 0.3 is 0 Å². The Morgan fingerprint density at radius 2 is 2.00 bits per heavy atom. The van der Waals surface area contributed by atoms with Crippen molar-refractivity contribution in [1.29, 1.82) is 0 Å². The van der Waals surface area contributed by atoms with Crippen molar-refractivity contribution in [3.8, 4) is 0 Å². The van der Waals surface area contributed by atoms with Gasteiger partial charge in [-0.25, -0.2) is 8.78 Å². The summed E-state index contributed by atoms with van der Waals surface area (Å²) in [5, 5.41) is 0. The second-order valence-corrected chi connectivity index (χ2v) is 5.36. The van der Waals surface area contributed by atoms with E-state index in [1.165, 1.54) is 6.07 Å². The third kappa shape index (κ3) is 3.29. The summed E-state index contributed by atoms with van der Waals surface area (Å²) in [7, 11) is 4.02. The molecule has 1 aromatic rings. The van der Waals surface area contributed by atoms with Gasteiger partial charge in [0, 0.05) is 24.2 Å². The summed E-state index contributed by atoms with van der Waals surface area (Å²) in [5.74, 6) is -0.884. The largest absolute Gasteiger partial charge is 0.323 e. The molecule has 1 aliphatic rings. The van der Waals surface area contributed by atoms with Gasteiger partial charge in [0.05, 0.1) is 0 Å². The van der Waals surface area contributed by atoms with E-state index >= 15 is 0 Å². The summed E-state index contributed by atoms with van der Waals surface area (Å²) >= 11 is 0. The minimum Gasteiger partial charge on any atom is -0.323 e. The fourth-order valence-electron chi connectivity index (χ4n) is 2.67. The Bertz CT molecular complexity index is 439. The molecule has 2 rings (SSSR count). The Morgan fingerprint density at radius 1 is 1.26 bits per heavy atom.